The molecule has 0 unspecified atom stereocenters. The van der Waals surface area contributed by atoms with Crippen molar-refractivity contribution in [2.45, 2.75) is 175 Å². The predicted octanol–water partition coefficient (Wildman–Crippen LogP) is 4.64. The van der Waals surface area contributed by atoms with Gasteiger partial charge in [0.25, 0.3) is 0 Å². The average Bonchev–Trinajstić information content (AvgIpc) is 2.91. The minimum atomic E-state index is -1.02. The molecule has 0 aliphatic heterocycles. The van der Waals surface area contributed by atoms with Crippen LogP contribution in [0.25, 0.3) is 0 Å². The number of unbranched alkanes of at least 4 members (excludes halogenated alkanes) is 16. The van der Waals surface area contributed by atoms with Crippen molar-refractivity contribution in [1.29, 1.82) is 0 Å². The van der Waals surface area contributed by atoms with E-state index in [9.17, 15) is 19.8 Å². The van der Waals surface area contributed by atoms with Crippen molar-refractivity contribution in [2.24, 2.45) is 0 Å². The second-order valence-electron chi connectivity index (χ2n) is 11.0. The molecule has 0 spiro atoms. The van der Waals surface area contributed by atoms with Crippen LogP contribution in [-0.4, -0.2) is 38.1 Å². The quantitative estimate of drug-likeness (QED) is 0.136. The first kappa shape index (κ1) is 42.3. The number of hydrogen-bond acceptors (Lipinski definition) is 4. The lowest BCUT2D eigenvalue weighted by Gasteiger charge is -2.03. The fraction of sp³-hybridized carbons (Fsp3) is 0.939. The van der Waals surface area contributed by atoms with Gasteiger partial charge in [0, 0.05) is 11.9 Å². The van der Waals surface area contributed by atoms with Crippen molar-refractivity contribution >= 4 is 11.9 Å². The molecule has 0 saturated heterocycles. The maximum Gasteiger partial charge on any atom is 0.0755 e. The van der Waals surface area contributed by atoms with Crippen LogP contribution in [0.5, 0.6) is 0 Å². The summed E-state index contributed by atoms with van der Waals surface area (Å²) in [5.41, 5.74) is 0. The van der Waals surface area contributed by atoms with Gasteiger partial charge in [-0.25, -0.2) is 0 Å². The highest BCUT2D eigenvalue weighted by Gasteiger charge is 1.94. The summed E-state index contributed by atoms with van der Waals surface area (Å²) in [6.07, 6.45) is 26.5. The Kier molecular flexibility index (Phi) is 44.9. The Hall–Kier alpha value is -1.14. The van der Waals surface area contributed by atoms with Gasteiger partial charge >= 0.3 is 0 Å². The van der Waals surface area contributed by atoms with Crippen LogP contribution in [0.4, 0.5) is 0 Å². The van der Waals surface area contributed by atoms with Gasteiger partial charge in [0.05, 0.1) is 26.2 Å². The number of carboxylic acid groups (broad SMARTS) is 2. The van der Waals surface area contributed by atoms with E-state index in [1.54, 1.807) is 0 Å². The predicted molar refractivity (Wildman–Crippen MR) is 162 cm³/mol. The van der Waals surface area contributed by atoms with E-state index in [2.05, 4.69) is 38.3 Å². The largest absolute Gasteiger partial charge is 0.550 e. The number of rotatable bonds is 28. The standard InChI is InChI=1S/2C12H27N.C9H16O4/c2*1-3-5-7-9-11-13-12-10-8-6-4-2;10-8(11)6-4-2-1-3-5-7-9(12)13/h2*13H,3-12H2,1-2H3;1-7H2,(H,10,11)(H,12,13). The molecule has 39 heavy (non-hydrogen) atoms. The molecule has 0 atom stereocenters. The molecule has 6 nitrogen and oxygen atoms in total. The molecule has 0 bridgehead atoms. The summed E-state index contributed by atoms with van der Waals surface area (Å²) in [5, 5.41) is 24.9. The van der Waals surface area contributed by atoms with Crippen molar-refractivity contribution in [1.82, 2.24) is 0 Å². The first-order valence-electron chi connectivity index (χ1n) is 17.0. The van der Waals surface area contributed by atoms with E-state index in [0.717, 1.165) is 19.3 Å². The highest BCUT2D eigenvalue weighted by atomic mass is 16.4. The van der Waals surface area contributed by atoms with E-state index in [1.807, 2.05) is 0 Å². The van der Waals surface area contributed by atoms with Crippen molar-refractivity contribution in [3.05, 3.63) is 0 Å². The zero-order valence-electron chi connectivity index (χ0n) is 26.9. The second kappa shape index (κ2) is 41.3. The van der Waals surface area contributed by atoms with Gasteiger partial charge in [-0.1, -0.05) is 98.3 Å². The maximum absolute atomic E-state index is 9.98. The molecule has 4 N–H and O–H groups in total. The molecule has 0 rings (SSSR count). The molecule has 0 amide bonds. The summed E-state index contributed by atoms with van der Waals surface area (Å²) >= 11 is 0. The molecule has 0 saturated carbocycles. The normalized spacial score (nSPS) is 10.4. The number of quaternary nitrogens is 2. The van der Waals surface area contributed by atoms with Crippen molar-refractivity contribution in [3.8, 4) is 0 Å². The highest BCUT2D eigenvalue weighted by Crippen LogP contribution is 2.06. The first-order chi connectivity index (χ1) is 19.0. The number of carbonyl (C=O) groups is 2. The molecule has 0 heterocycles. The molecule has 236 valence electrons. The van der Waals surface area contributed by atoms with Gasteiger partial charge in [-0.15, -0.1) is 0 Å². The summed E-state index contributed by atoms with van der Waals surface area (Å²) in [4.78, 5) is 20.0. The van der Waals surface area contributed by atoms with Crippen molar-refractivity contribution in [2.75, 3.05) is 26.2 Å². The van der Waals surface area contributed by atoms with E-state index in [4.69, 9.17) is 0 Å². The Balaban J connectivity index is -0.000000498. The van der Waals surface area contributed by atoms with Gasteiger partial charge in [0.1, 0.15) is 0 Å². The molecule has 0 aromatic carbocycles. The summed E-state index contributed by atoms with van der Waals surface area (Å²) < 4.78 is 0. The SMILES string of the molecule is CCCCCC[NH2+]CCCCCC.CCCCCC[NH2+]CCCCCC.O=C([O-])CCCCCCCC(=O)[O-]. The molecule has 0 aromatic heterocycles. The number of hydrogen-bond donors (Lipinski definition) is 2. The zero-order valence-corrected chi connectivity index (χ0v) is 26.9. The third-order valence-corrected chi connectivity index (χ3v) is 6.81. The van der Waals surface area contributed by atoms with Crippen LogP contribution < -0.4 is 20.8 Å². The minimum absolute atomic E-state index is 0.0977. The molecule has 0 aliphatic rings. The molecular formula is C33H70N2O4. The number of carboxylic acids is 2. The molecule has 0 aliphatic carbocycles. The average molecular weight is 559 g/mol. The van der Waals surface area contributed by atoms with Crippen molar-refractivity contribution < 1.29 is 30.4 Å². The van der Waals surface area contributed by atoms with Gasteiger partial charge < -0.3 is 30.4 Å². The molecule has 0 fully saturated rings. The van der Waals surface area contributed by atoms with Gasteiger partial charge in [-0.3, -0.25) is 0 Å². The molecular weight excluding hydrogens is 488 g/mol. The van der Waals surface area contributed by atoms with Crippen LogP contribution in [0.1, 0.15) is 175 Å². The van der Waals surface area contributed by atoms with Crippen LogP contribution in [0.3, 0.4) is 0 Å². The Bertz CT molecular complexity index is 401. The van der Waals surface area contributed by atoms with Crippen molar-refractivity contribution in [3.63, 3.8) is 0 Å². The van der Waals surface area contributed by atoms with Crippen LogP contribution in [0, 0.1) is 0 Å². The third-order valence-electron chi connectivity index (χ3n) is 6.81. The van der Waals surface area contributed by atoms with Crippen LogP contribution >= 0.6 is 0 Å². The fourth-order valence-electron chi connectivity index (χ4n) is 4.22. The lowest BCUT2D eigenvalue weighted by molar-refractivity contribution is -0.655. The van der Waals surface area contributed by atoms with E-state index in [-0.39, 0.29) is 12.8 Å². The number of carbonyl (C=O) groups excluding carboxylic acids is 2. The Morgan fingerprint density at radius 3 is 0.846 bits per heavy atom. The Morgan fingerprint density at radius 2 is 0.615 bits per heavy atom. The summed E-state index contributed by atoms with van der Waals surface area (Å²) in [7, 11) is 0. The van der Waals surface area contributed by atoms with Gasteiger partial charge in [-0.05, 0) is 77.0 Å². The molecule has 0 aromatic rings. The maximum atomic E-state index is 9.98. The molecule has 6 heteroatoms. The summed E-state index contributed by atoms with van der Waals surface area (Å²) in [6.45, 7) is 14.5. The first-order valence-corrected chi connectivity index (χ1v) is 17.0. The smallest absolute Gasteiger partial charge is 0.0755 e. The fourth-order valence-corrected chi connectivity index (χ4v) is 4.22. The molecule has 0 radical (unpaired) electrons. The lowest BCUT2D eigenvalue weighted by atomic mass is 10.1. The van der Waals surface area contributed by atoms with Crippen LogP contribution in [0.15, 0.2) is 0 Å². The highest BCUT2D eigenvalue weighted by molar-refractivity contribution is 5.64. The summed E-state index contributed by atoms with van der Waals surface area (Å²) in [6, 6.07) is 0. The zero-order chi connectivity index (χ0) is 29.7. The van der Waals surface area contributed by atoms with Gasteiger partial charge in [0.2, 0.25) is 0 Å². The van der Waals surface area contributed by atoms with E-state index in [0.29, 0.717) is 12.8 Å². The Morgan fingerprint density at radius 1 is 0.385 bits per heavy atom. The third kappa shape index (κ3) is 53.8. The second-order valence-corrected chi connectivity index (χ2v) is 11.0. The number of aliphatic carboxylic acids is 2. The monoisotopic (exact) mass is 559 g/mol. The lowest BCUT2D eigenvalue weighted by Crippen LogP contribution is -2.84. The van der Waals surface area contributed by atoms with Gasteiger partial charge in [-0.2, -0.15) is 0 Å². The Labute approximate surface area is 243 Å². The van der Waals surface area contributed by atoms with E-state index >= 15 is 0 Å². The van der Waals surface area contributed by atoms with E-state index < -0.39 is 11.9 Å². The van der Waals surface area contributed by atoms with Crippen LogP contribution in [0.2, 0.25) is 0 Å². The minimum Gasteiger partial charge on any atom is -0.550 e. The van der Waals surface area contributed by atoms with Crippen LogP contribution in [-0.2, 0) is 9.59 Å². The van der Waals surface area contributed by atoms with Gasteiger partial charge in [0.15, 0.2) is 0 Å². The van der Waals surface area contributed by atoms with E-state index in [1.165, 1.54) is 129 Å². The number of nitrogens with two attached hydrogens (primary N) is 2. The summed E-state index contributed by atoms with van der Waals surface area (Å²) in [5.74, 6) is -2.04. The topological polar surface area (TPSA) is 113 Å².